The predicted molar refractivity (Wildman–Crippen MR) is 106 cm³/mol. The van der Waals surface area contributed by atoms with Crippen molar-refractivity contribution < 1.29 is 0 Å². The van der Waals surface area contributed by atoms with Crippen molar-refractivity contribution in [3.8, 4) is 5.69 Å². The van der Waals surface area contributed by atoms with Gasteiger partial charge >= 0.3 is 0 Å². The molecule has 27 heavy (non-hydrogen) atoms. The molecule has 0 aliphatic carbocycles. The fourth-order valence-electron chi connectivity index (χ4n) is 3.20. The van der Waals surface area contributed by atoms with Gasteiger partial charge in [-0.05, 0) is 36.4 Å². The van der Waals surface area contributed by atoms with Crippen LogP contribution in [0.5, 0.6) is 0 Å². The summed E-state index contributed by atoms with van der Waals surface area (Å²) in [5, 5.41) is 3.88. The fraction of sp³-hybridized carbons (Fsp3) is 0. The molecule has 130 valence electrons. The van der Waals surface area contributed by atoms with Crippen LogP contribution in [-0.2, 0) is 0 Å². The first-order chi connectivity index (χ1) is 13.3. The molecule has 0 aliphatic rings. The predicted octanol–water partition coefficient (Wildman–Crippen LogP) is 3.78. The smallest absolute Gasteiger partial charge is 0.267 e. The summed E-state index contributed by atoms with van der Waals surface area (Å²) in [5.74, 6) is 1.22. The lowest BCUT2D eigenvalue weighted by Gasteiger charge is -2.15. The maximum Gasteiger partial charge on any atom is 0.267 e. The summed E-state index contributed by atoms with van der Waals surface area (Å²) in [5.41, 5.74) is 2.23. The van der Waals surface area contributed by atoms with Crippen molar-refractivity contribution in [2.75, 3.05) is 5.32 Å². The molecule has 0 atom stereocenters. The summed E-state index contributed by atoms with van der Waals surface area (Å²) in [6.07, 6.45) is 3.51. The number of pyridine rings is 1. The van der Waals surface area contributed by atoms with E-state index in [1.165, 1.54) is 0 Å². The van der Waals surface area contributed by atoms with Crippen molar-refractivity contribution >= 4 is 28.2 Å². The maximum absolute atomic E-state index is 13.2. The summed E-state index contributed by atoms with van der Waals surface area (Å²) in [4.78, 5) is 22.1. The second-order valence-corrected chi connectivity index (χ2v) is 6.15. The average Bonchev–Trinajstić information content (AvgIpc) is 3.19. The molecule has 0 aliphatic heterocycles. The van der Waals surface area contributed by atoms with Crippen molar-refractivity contribution in [3.05, 3.63) is 95.7 Å². The standard InChI is InChI=1S/C21H15N5O/c27-20-17-10-4-5-11-18(17)23-21(26(20)15-7-2-1-3-8-15)24-19-12-6-9-16-13-22-14-25(16)19/h1-14H,(H,23,24). The highest BCUT2D eigenvalue weighted by molar-refractivity contribution is 5.79. The molecule has 0 radical (unpaired) electrons. The first kappa shape index (κ1) is 15.3. The number of hydrogen-bond donors (Lipinski definition) is 1. The first-order valence-electron chi connectivity index (χ1n) is 8.56. The molecule has 5 rings (SSSR count). The van der Waals surface area contributed by atoms with Gasteiger partial charge in [-0.1, -0.05) is 36.4 Å². The van der Waals surface area contributed by atoms with Crippen LogP contribution in [0.15, 0.2) is 90.1 Å². The van der Waals surface area contributed by atoms with Gasteiger partial charge in [0.15, 0.2) is 0 Å². The molecule has 0 saturated heterocycles. The molecule has 6 nitrogen and oxygen atoms in total. The molecule has 6 heteroatoms. The summed E-state index contributed by atoms with van der Waals surface area (Å²) in [6, 6.07) is 22.7. The number of para-hydroxylation sites is 2. The van der Waals surface area contributed by atoms with E-state index in [0.29, 0.717) is 16.9 Å². The van der Waals surface area contributed by atoms with Gasteiger partial charge in [-0.25, -0.2) is 14.5 Å². The Morgan fingerprint density at radius 3 is 2.56 bits per heavy atom. The number of imidazole rings is 1. The fourth-order valence-corrected chi connectivity index (χ4v) is 3.20. The van der Waals surface area contributed by atoms with E-state index in [0.717, 1.165) is 17.0 Å². The Morgan fingerprint density at radius 2 is 1.67 bits per heavy atom. The minimum Gasteiger partial charge on any atom is -0.311 e. The Bertz CT molecular complexity index is 1320. The van der Waals surface area contributed by atoms with Crippen molar-refractivity contribution in [1.29, 1.82) is 0 Å². The van der Waals surface area contributed by atoms with Gasteiger partial charge in [0.2, 0.25) is 5.95 Å². The Labute approximate surface area is 154 Å². The third-order valence-electron chi connectivity index (χ3n) is 4.48. The molecule has 2 aromatic carbocycles. The van der Waals surface area contributed by atoms with Crippen LogP contribution in [0.3, 0.4) is 0 Å². The molecule has 5 aromatic rings. The van der Waals surface area contributed by atoms with Crippen molar-refractivity contribution in [2.24, 2.45) is 0 Å². The second kappa shape index (κ2) is 6.10. The lowest BCUT2D eigenvalue weighted by atomic mass is 10.2. The lowest BCUT2D eigenvalue weighted by Crippen LogP contribution is -2.23. The molecule has 0 spiro atoms. The number of anilines is 2. The topological polar surface area (TPSA) is 64.2 Å². The highest BCUT2D eigenvalue weighted by Gasteiger charge is 2.13. The normalized spacial score (nSPS) is 11.1. The quantitative estimate of drug-likeness (QED) is 0.536. The SMILES string of the molecule is O=c1c2ccccc2nc(Nc2cccc3cncn23)n1-c1ccccc1. The van der Waals surface area contributed by atoms with Crippen molar-refractivity contribution in [1.82, 2.24) is 18.9 Å². The Hall–Kier alpha value is -3.93. The zero-order valence-electron chi connectivity index (χ0n) is 14.3. The minimum absolute atomic E-state index is 0.118. The zero-order chi connectivity index (χ0) is 18.2. The van der Waals surface area contributed by atoms with Gasteiger partial charge < -0.3 is 5.32 Å². The number of rotatable bonds is 3. The van der Waals surface area contributed by atoms with E-state index in [2.05, 4.69) is 10.3 Å². The Balaban J connectivity index is 1.78. The highest BCUT2D eigenvalue weighted by atomic mass is 16.1. The lowest BCUT2D eigenvalue weighted by molar-refractivity contribution is 0.967. The zero-order valence-corrected chi connectivity index (χ0v) is 14.3. The molecule has 0 bridgehead atoms. The highest BCUT2D eigenvalue weighted by Crippen LogP contribution is 2.21. The minimum atomic E-state index is -0.118. The molecule has 0 fully saturated rings. The monoisotopic (exact) mass is 353 g/mol. The molecule has 3 heterocycles. The van der Waals surface area contributed by atoms with Gasteiger partial charge in [0.1, 0.15) is 12.1 Å². The molecule has 3 aromatic heterocycles. The first-order valence-corrected chi connectivity index (χ1v) is 8.56. The van der Waals surface area contributed by atoms with E-state index in [1.54, 1.807) is 23.2 Å². The number of nitrogens with one attached hydrogen (secondary N) is 1. The van der Waals surface area contributed by atoms with Crippen LogP contribution >= 0.6 is 0 Å². The van der Waals surface area contributed by atoms with Crippen LogP contribution in [0.1, 0.15) is 0 Å². The van der Waals surface area contributed by atoms with Crippen LogP contribution < -0.4 is 10.9 Å². The molecule has 1 N–H and O–H groups in total. The van der Waals surface area contributed by atoms with Gasteiger partial charge in [-0.15, -0.1) is 0 Å². The number of aromatic nitrogens is 4. The summed E-state index contributed by atoms with van der Waals surface area (Å²) in [6.45, 7) is 0. The van der Waals surface area contributed by atoms with Crippen LogP contribution in [0, 0.1) is 0 Å². The molecule has 0 saturated carbocycles. The van der Waals surface area contributed by atoms with Crippen LogP contribution in [0.4, 0.5) is 11.8 Å². The van der Waals surface area contributed by atoms with E-state index >= 15 is 0 Å². The van der Waals surface area contributed by atoms with E-state index in [4.69, 9.17) is 4.98 Å². The van der Waals surface area contributed by atoms with Crippen LogP contribution in [-0.4, -0.2) is 18.9 Å². The van der Waals surface area contributed by atoms with Crippen LogP contribution in [0.2, 0.25) is 0 Å². The summed E-state index contributed by atoms with van der Waals surface area (Å²) < 4.78 is 3.51. The second-order valence-electron chi connectivity index (χ2n) is 6.15. The third kappa shape index (κ3) is 2.55. The number of benzene rings is 2. The maximum atomic E-state index is 13.2. The van der Waals surface area contributed by atoms with Gasteiger partial charge in [-0.2, -0.15) is 0 Å². The number of hydrogen-bond acceptors (Lipinski definition) is 4. The van der Waals surface area contributed by atoms with Gasteiger partial charge in [-0.3, -0.25) is 9.20 Å². The molecule has 0 amide bonds. The summed E-state index contributed by atoms with van der Waals surface area (Å²) >= 11 is 0. The summed E-state index contributed by atoms with van der Waals surface area (Å²) in [7, 11) is 0. The Morgan fingerprint density at radius 1 is 0.852 bits per heavy atom. The molecular formula is C21H15N5O. The Kier molecular flexibility index (Phi) is 3.47. The van der Waals surface area contributed by atoms with E-state index in [9.17, 15) is 4.79 Å². The van der Waals surface area contributed by atoms with Crippen molar-refractivity contribution in [3.63, 3.8) is 0 Å². The molecule has 0 unspecified atom stereocenters. The largest absolute Gasteiger partial charge is 0.311 e. The number of fused-ring (bicyclic) bond motifs is 2. The average molecular weight is 353 g/mol. The number of nitrogens with zero attached hydrogens (tertiary/aromatic N) is 4. The van der Waals surface area contributed by atoms with E-state index < -0.39 is 0 Å². The van der Waals surface area contributed by atoms with Crippen LogP contribution in [0.25, 0.3) is 22.1 Å². The van der Waals surface area contributed by atoms with Crippen molar-refractivity contribution in [2.45, 2.75) is 0 Å². The van der Waals surface area contributed by atoms with E-state index in [-0.39, 0.29) is 5.56 Å². The van der Waals surface area contributed by atoms with E-state index in [1.807, 2.05) is 71.1 Å². The van der Waals surface area contributed by atoms with Gasteiger partial charge in [0.25, 0.3) is 5.56 Å². The third-order valence-corrected chi connectivity index (χ3v) is 4.48. The molecular weight excluding hydrogens is 338 g/mol. The van der Waals surface area contributed by atoms with Gasteiger partial charge in [0, 0.05) is 0 Å². The van der Waals surface area contributed by atoms with Gasteiger partial charge in [0.05, 0.1) is 28.3 Å².